The Hall–Kier alpha value is -15.2. The molecule has 0 unspecified atom stereocenters. The molecule has 0 saturated heterocycles. The average molecular weight is 2070 g/mol. The van der Waals surface area contributed by atoms with Crippen molar-refractivity contribution in [3.8, 4) is 92.0 Å². The van der Waals surface area contributed by atoms with Crippen molar-refractivity contribution < 1.29 is 134 Å². The summed E-state index contributed by atoms with van der Waals surface area (Å²) in [6.45, 7) is -0.0389. The Morgan fingerprint density at radius 3 is 1.00 bits per heavy atom. The van der Waals surface area contributed by atoms with Crippen LogP contribution in [0.5, 0.6) is 92.0 Å². The van der Waals surface area contributed by atoms with E-state index in [0.29, 0.717) is 84.6 Å². The van der Waals surface area contributed by atoms with Crippen molar-refractivity contribution in [2.24, 2.45) is 0 Å². The van der Waals surface area contributed by atoms with Crippen molar-refractivity contribution in [3.05, 3.63) is 281 Å². The number of hydrogen-bond acceptors (Lipinski definition) is 33. The summed E-state index contributed by atoms with van der Waals surface area (Å²) in [5, 5.41) is 20.3. The number of halogens is 2. The summed E-state index contributed by atoms with van der Waals surface area (Å²) < 4.78 is 194. The molecule has 12 aromatic carbocycles. The molecular formula is C100H97Cl2N8O29PS3. The topological polar surface area (TPSA) is 425 Å². The van der Waals surface area contributed by atoms with Crippen LogP contribution < -0.4 is 75.8 Å². The van der Waals surface area contributed by atoms with Crippen molar-refractivity contribution in [2.45, 2.75) is 18.1 Å². The molecule has 0 aliphatic heterocycles. The first kappa shape index (κ1) is 105. The first-order chi connectivity index (χ1) is 68.8. The Kier molecular flexibility index (Phi) is 33.9. The van der Waals surface area contributed by atoms with E-state index in [1.54, 1.807) is 72.8 Å². The summed E-state index contributed by atoms with van der Waals surface area (Å²) in [4.78, 5) is 54.7. The number of aromatic nitrogens is 8. The number of hydrogen-bond donors (Lipinski definition) is 0. The highest BCUT2D eigenvalue weighted by molar-refractivity contribution is 7.90. The Balaban J connectivity index is 0.000000162. The maximum Gasteiger partial charge on any atom is 0.456 e. The minimum atomic E-state index is -4.20. The van der Waals surface area contributed by atoms with E-state index in [4.69, 9.17) is 108 Å². The third-order valence-electron chi connectivity index (χ3n) is 22.2. The normalized spacial score (nSPS) is 11.4. The first-order valence-electron chi connectivity index (χ1n) is 42.8. The SMILES string of the molecule is COc1ccc2c(C(=O)c3cc(OC)c(OC)c(OC)c3)n(S(=O)(=O)CCCl)nc2c1.COc1ccc2c(C(=O)c3cc(OC)c(OC)c(OC)c3)nn(P(=O)(OCc3ccccc3)OCc3ccccc3)c2c1.COc1ccc2c(C(=O)c3cc(OC)c(OC)c(OC)c3)nn(S(=O)(=O)CCCl)c2c1.COc1ccc2c(C(=O)c3cc(OC)c(OC)c(OC)c3)nn(S(=O)(=O)c3ccc4ccccc4c3)c2c1. The number of methoxy groups -OCH3 is 16. The maximum absolute atomic E-state index is 14.7. The van der Waals surface area contributed by atoms with Gasteiger partial charge < -0.3 is 75.8 Å². The van der Waals surface area contributed by atoms with Gasteiger partial charge in [-0.1, -0.05) is 91.0 Å². The van der Waals surface area contributed by atoms with E-state index < -0.39 is 66.7 Å². The standard InChI is InChI=1S/C32H31N2O8P.C28H24N2O7S.2C20H21ClN2O7S/c1-37-25-15-16-26-27(19-25)34(33-30(26)31(35)24-17-28(38-2)32(40-4)29(18-24)39-3)43(36,41-20-22-11-7-5-8-12-22)42-21-23-13-9-6-10-14-23;1-34-20-10-12-22-23(16-20)30(38(32,33)21-11-9-17-7-5-6-8-18(17)13-21)29-26(22)27(31)19-14-24(35-2)28(37-4)25(15-19)36-3;1-27-13-5-6-14-15(11-13)23(31(25,26)8-7-21)22-18(14)19(24)12-9-16(28-2)20(30-4)17(10-12)29-3;1-27-13-5-6-14-15(11-13)22-23(31(25,26)8-7-21)18(14)19(24)12-9-16(28-2)20(30-4)17(10-12)29-3/h5-19H,20-21H2,1-4H3;5-16H,1-4H3;2*5-6,9-11H,7-8H2,1-4H3. The second kappa shape index (κ2) is 46.1. The predicted molar refractivity (Wildman–Crippen MR) is 535 cm³/mol. The van der Waals surface area contributed by atoms with Crippen LogP contribution in [0.25, 0.3) is 54.4 Å². The van der Waals surface area contributed by atoms with Gasteiger partial charge in [-0.15, -0.1) is 23.2 Å². The number of carbonyl (C=O) groups is 4. The van der Waals surface area contributed by atoms with Crippen LogP contribution in [0.15, 0.2) is 229 Å². The third kappa shape index (κ3) is 22.1. The van der Waals surface area contributed by atoms with E-state index >= 15 is 0 Å². The molecule has 0 N–H and O–H groups in total. The van der Waals surface area contributed by atoms with Crippen LogP contribution in [0.2, 0.25) is 0 Å². The highest BCUT2D eigenvalue weighted by atomic mass is 35.5. The zero-order valence-electron chi connectivity index (χ0n) is 79.9. The maximum atomic E-state index is 14.7. The predicted octanol–water partition coefficient (Wildman–Crippen LogP) is 16.8. The number of fused-ring (bicyclic) bond motifs is 5. The molecule has 0 saturated carbocycles. The highest BCUT2D eigenvalue weighted by Crippen LogP contribution is 2.54. The lowest BCUT2D eigenvalue weighted by atomic mass is 10.0. The molecule has 43 heteroatoms. The van der Waals surface area contributed by atoms with Crippen LogP contribution >= 0.6 is 30.9 Å². The van der Waals surface area contributed by atoms with Gasteiger partial charge in [-0.05, 0) is 131 Å². The first-order valence-corrected chi connectivity index (χ1v) is 50.0. The summed E-state index contributed by atoms with van der Waals surface area (Å²) in [7, 11) is 6.99. The fraction of sp³-hybridized carbons (Fsp3) is 0.220. The fourth-order valence-electron chi connectivity index (χ4n) is 15.1. The van der Waals surface area contributed by atoms with E-state index in [0.717, 1.165) is 38.6 Å². The zero-order valence-corrected chi connectivity index (χ0v) is 84.8. The second-order valence-corrected chi connectivity index (χ2v) is 38.5. The van der Waals surface area contributed by atoms with Gasteiger partial charge in [0, 0.05) is 79.8 Å². The quantitative estimate of drug-likeness (QED) is 0.0196. The Bertz CT molecular complexity index is 7730. The molecular weight excluding hydrogens is 1980 g/mol. The highest BCUT2D eigenvalue weighted by Gasteiger charge is 2.38. The summed E-state index contributed by atoms with van der Waals surface area (Å²) in [5.74, 6) is 2.21. The Morgan fingerprint density at radius 2 is 0.629 bits per heavy atom. The molecule has 0 atom stereocenters. The Morgan fingerprint density at radius 1 is 0.308 bits per heavy atom. The second-order valence-electron chi connectivity index (χ2n) is 30.3. The smallest absolute Gasteiger partial charge is 0.456 e. The van der Waals surface area contributed by atoms with Crippen LogP contribution in [0.3, 0.4) is 0 Å². The van der Waals surface area contributed by atoms with E-state index in [9.17, 15) is 49.0 Å². The molecule has 16 rings (SSSR count). The van der Waals surface area contributed by atoms with Crippen molar-refractivity contribution in [1.29, 1.82) is 0 Å². The lowest BCUT2D eigenvalue weighted by Crippen LogP contribution is -2.23. The molecule has 0 spiro atoms. The fourth-order valence-corrected chi connectivity index (χ4v) is 21.2. The van der Waals surface area contributed by atoms with Crippen molar-refractivity contribution in [1.82, 2.24) is 37.1 Å². The van der Waals surface area contributed by atoms with Crippen LogP contribution in [-0.2, 0) is 56.9 Å². The van der Waals surface area contributed by atoms with Gasteiger partial charge in [-0.25, -0.2) is 21.4 Å². The van der Waals surface area contributed by atoms with Gasteiger partial charge in [0.1, 0.15) is 45.8 Å². The molecule has 0 aliphatic carbocycles. The largest absolute Gasteiger partial charge is 0.497 e. The number of rotatable bonds is 39. The van der Waals surface area contributed by atoms with Gasteiger partial charge >= 0.3 is 7.75 Å². The van der Waals surface area contributed by atoms with Crippen molar-refractivity contribution >= 4 is 139 Å². The van der Waals surface area contributed by atoms with Gasteiger partial charge in [-0.3, -0.25) is 28.2 Å². The molecule has 0 bridgehead atoms. The van der Waals surface area contributed by atoms with E-state index in [-0.39, 0.29) is 132 Å². The Labute approximate surface area is 831 Å². The summed E-state index contributed by atoms with van der Waals surface area (Å²) in [5.41, 5.74) is 3.12. The minimum absolute atomic E-state index is 0.0195. The summed E-state index contributed by atoms with van der Waals surface area (Å²) in [6, 6.07) is 62.0. The van der Waals surface area contributed by atoms with Crippen molar-refractivity contribution in [3.63, 3.8) is 0 Å². The number of alkyl halides is 2. The van der Waals surface area contributed by atoms with Gasteiger partial charge in [0.05, 0.1) is 165 Å². The molecule has 4 aromatic heterocycles. The molecule has 16 aromatic rings. The lowest BCUT2D eigenvalue weighted by Gasteiger charge is -2.19. The van der Waals surface area contributed by atoms with Crippen LogP contribution in [-0.4, -0.2) is 223 Å². The molecule has 0 radical (unpaired) electrons. The third-order valence-corrected chi connectivity index (χ3v) is 29.3. The van der Waals surface area contributed by atoms with E-state index in [1.807, 2.05) is 84.9 Å². The molecule has 143 heavy (non-hydrogen) atoms. The van der Waals surface area contributed by atoms with E-state index in [1.165, 1.54) is 180 Å². The molecule has 0 amide bonds. The minimum Gasteiger partial charge on any atom is -0.497 e. The summed E-state index contributed by atoms with van der Waals surface area (Å²) in [6.07, 6.45) is 0. The van der Waals surface area contributed by atoms with Crippen molar-refractivity contribution in [2.75, 3.05) is 137 Å². The molecule has 0 fully saturated rings. The number of carbonyl (C=O) groups excluding carboxylic acids is 4. The zero-order chi connectivity index (χ0) is 103. The number of ketones is 4. The number of nitrogens with zero attached hydrogens (tertiary/aromatic N) is 8. The average Bonchev–Trinajstić information content (AvgIpc) is 1.61. The molecule has 0 aliphatic rings. The number of benzene rings is 12. The van der Waals surface area contributed by atoms with Crippen LogP contribution in [0.4, 0.5) is 0 Å². The lowest BCUT2D eigenvalue weighted by molar-refractivity contribution is 0.102. The monoisotopic (exact) mass is 2070 g/mol. The van der Waals surface area contributed by atoms with Gasteiger partial charge in [0.15, 0.2) is 46.0 Å². The molecule has 748 valence electrons. The van der Waals surface area contributed by atoms with Gasteiger partial charge in [0.25, 0.3) is 30.1 Å². The van der Waals surface area contributed by atoms with Crippen LogP contribution in [0.1, 0.15) is 75.3 Å². The van der Waals surface area contributed by atoms with E-state index in [2.05, 4.69) is 20.4 Å². The van der Waals surface area contributed by atoms with Crippen LogP contribution in [0, 0.1) is 0 Å². The number of ether oxygens (including phenoxy) is 16. The van der Waals surface area contributed by atoms with Gasteiger partial charge in [-0.2, -0.15) is 45.5 Å². The molecule has 37 nitrogen and oxygen atoms in total. The van der Waals surface area contributed by atoms with Gasteiger partial charge in [0.2, 0.25) is 46.1 Å². The summed E-state index contributed by atoms with van der Waals surface area (Å²) >= 11 is 11.3. The molecule has 4 heterocycles.